The highest BCUT2D eigenvalue weighted by Crippen LogP contribution is 2.32. The first kappa shape index (κ1) is 25.2. The Hall–Kier alpha value is -5.13. The molecule has 0 spiro atoms. The lowest BCUT2D eigenvalue weighted by atomic mass is 10.2. The number of carbonyl (C=O) groups is 1. The van der Waals surface area contributed by atoms with Gasteiger partial charge in [0, 0.05) is 51.0 Å². The number of amides is 1. The van der Waals surface area contributed by atoms with Crippen molar-refractivity contribution in [2.45, 2.75) is 6.92 Å². The molecule has 2 aromatic carbocycles. The summed E-state index contributed by atoms with van der Waals surface area (Å²) in [5, 5.41) is 3.32. The molecule has 0 atom stereocenters. The van der Waals surface area contributed by atoms with Crippen molar-refractivity contribution in [3.8, 4) is 11.5 Å². The number of anilines is 3. The predicted octanol–water partition coefficient (Wildman–Crippen LogP) is 4.12. The van der Waals surface area contributed by atoms with E-state index in [0.29, 0.717) is 71.5 Å². The maximum absolute atomic E-state index is 14.6. The number of rotatable bonds is 6. The maximum Gasteiger partial charge on any atom is 0.246 e. The highest BCUT2D eigenvalue weighted by Gasteiger charge is 2.22. The number of piperazine rings is 1. The third kappa shape index (κ3) is 4.75. The summed E-state index contributed by atoms with van der Waals surface area (Å²) in [6.07, 6.45) is 6.03. The van der Waals surface area contributed by atoms with E-state index in [9.17, 15) is 9.18 Å². The van der Waals surface area contributed by atoms with Crippen LogP contribution in [0, 0.1) is 12.7 Å². The second-order valence-corrected chi connectivity index (χ2v) is 9.48. The van der Waals surface area contributed by atoms with Gasteiger partial charge in [0.25, 0.3) is 0 Å². The van der Waals surface area contributed by atoms with E-state index in [0.717, 1.165) is 11.3 Å². The SMILES string of the molecule is C=CC(=O)N1CCN(c2ncc3ncnc(Nc4ccc(Oc5cc(F)c6c(c5)ncn6C)c(C)c4)c3n2)CC1. The number of nitrogens with zero attached hydrogens (tertiary/aromatic N) is 8. The Kier molecular flexibility index (Phi) is 6.42. The largest absolute Gasteiger partial charge is 0.457 e. The van der Waals surface area contributed by atoms with Crippen LogP contribution in [0.15, 0.2) is 61.8 Å². The second kappa shape index (κ2) is 10.2. The minimum absolute atomic E-state index is 0.0767. The van der Waals surface area contributed by atoms with Crippen LogP contribution >= 0.6 is 0 Å². The first-order valence-corrected chi connectivity index (χ1v) is 12.7. The minimum atomic E-state index is -0.396. The van der Waals surface area contributed by atoms with E-state index in [1.165, 1.54) is 18.5 Å². The summed E-state index contributed by atoms with van der Waals surface area (Å²) in [4.78, 5) is 37.9. The zero-order chi connectivity index (χ0) is 27.8. The van der Waals surface area contributed by atoms with E-state index in [1.807, 2.05) is 30.0 Å². The molecule has 1 N–H and O–H groups in total. The standard InChI is InChI=1S/C28H26FN9O2/c1-4-24(39)37-7-9-38(10-8-37)28-30-14-22-25(35-28)27(32-15-31-22)34-18-5-6-23(17(2)11-18)40-19-12-20(29)26-21(13-19)33-16-36(26)3/h4-6,11-16H,1,7-10H2,2-3H3,(H,31,32,34). The smallest absolute Gasteiger partial charge is 0.246 e. The molecule has 202 valence electrons. The van der Waals surface area contributed by atoms with Gasteiger partial charge in [0.1, 0.15) is 34.4 Å². The van der Waals surface area contributed by atoms with Crippen LogP contribution in [0.5, 0.6) is 11.5 Å². The average molecular weight is 540 g/mol. The summed E-state index contributed by atoms with van der Waals surface area (Å²) in [7, 11) is 1.75. The number of hydrogen-bond donors (Lipinski definition) is 1. The summed E-state index contributed by atoms with van der Waals surface area (Å²) < 4.78 is 22.2. The maximum atomic E-state index is 14.6. The quantitative estimate of drug-likeness (QED) is 0.318. The molecule has 0 aliphatic carbocycles. The number of aromatic nitrogens is 6. The third-order valence-corrected chi connectivity index (χ3v) is 6.82. The van der Waals surface area contributed by atoms with E-state index in [2.05, 4.69) is 31.8 Å². The molecule has 1 saturated heterocycles. The highest BCUT2D eigenvalue weighted by molar-refractivity contribution is 5.88. The Morgan fingerprint density at radius 3 is 2.67 bits per heavy atom. The zero-order valence-corrected chi connectivity index (χ0v) is 22.0. The van der Waals surface area contributed by atoms with Crippen LogP contribution in [0.1, 0.15) is 5.56 Å². The molecule has 5 aromatic rings. The van der Waals surface area contributed by atoms with E-state index >= 15 is 0 Å². The second-order valence-electron chi connectivity index (χ2n) is 9.48. The molecule has 11 nitrogen and oxygen atoms in total. The van der Waals surface area contributed by atoms with Crippen LogP contribution in [0.2, 0.25) is 0 Å². The zero-order valence-electron chi connectivity index (χ0n) is 22.0. The van der Waals surface area contributed by atoms with Crippen molar-refractivity contribution < 1.29 is 13.9 Å². The number of carbonyl (C=O) groups excluding carboxylic acids is 1. The summed E-state index contributed by atoms with van der Waals surface area (Å²) in [6, 6.07) is 8.65. The molecule has 0 unspecified atom stereocenters. The molecule has 1 aliphatic heterocycles. The lowest BCUT2D eigenvalue weighted by Gasteiger charge is -2.34. The monoisotopic (exact) mass is 539 g/mol. The summed E-state index contributed by atoms with van der Waals surface area (Å²) in [5.74, 6) is 1.57. The molecular formula is C28H26FN9O2. The van der Waals surface area contributed by atoms with Crippen LogP contribution in [0.25, 0.3) is 22.1 Å². The number of halogens is 1. The molecule has 0 radical (unpaired) electrons. The average Bonchev–Trinajstić information content (AvgIpc) is 3.35. The van der Waals surface area contributed by atoms with Crippen LogP contribution in [-0.4, -0.2) is 66.5 Å². The number of nitrogens with one attached hydrogen (secondary N) is 1. The predicted molar refractivity (Wildman–Crippen MR) is 149 cm³/mol. The van der Waals surface area contributed by atoms with Gasteiger partial charge in [-0.05, 0) is 36.8 Å². The van der Waals surface area contributed by atoms with Gasteiger partial charge in [0.2, 0.25) is 11.9 Å². The van der Waals surface area contributed by atoms with Crippen molar-refractivity contribution in [1.82, 2.24) is 34.4 Å². The van der Waals surface area contributed by atoms with E-state index < -0.39 is 5.82 Å². The number of hydrogen-bond acceptors (Lipinski definition) is 9. The molecule has 3 aromatic heterocycles. The molecule has 4 heterocycles. The first-order valence-electron chi connectivity index (χ1n) is 12.7. The topological polar surface area (TPSA) is 114 Å². The van der Waals surface area contributed by atoms with Crippen molar-refractivity contribution in [3.63, 3.8) is 0 Å². The number of imidazole rings is 1. The molecule has 6 rings (SSSR count). The number of fused-ring (bicyclic) bond motifs is 2. The van der Waals surface area contributed by atoms with Crippen molar-refractivity contribution in [1.29, 1.82) is 0 Å². The fourth-order valence-electron chi connectivity index (χ4n) is 4.72. The Labute approximate surface area is 229 Å². The van der Waals surface area contributed by atoms with Gasteiger partial charge in [0.15, 0.2) is 11.6 Å². The van der Waals surface area contributed by atoms with Crippen LogP contribution < -0.4 is 15.0 Å². The van der Waals surface area contributed by atoms with Gasteiger partial charge in [-0.3, -0.25) is 4.79 Å². The van der Waals surface area contributed by atoms with Crippen LogP contribution in [0.3, 0.4) is 0 Å². The minimum Gasteiger partial charge on any atom is -0.457 e. The molecular weight excluding hydrogens is 513 g/mol. The molecule has 12 heteroatoms. The van der Waals surface area contributed by atoms with E-state index in [-0.39, 0.29) is 5.91 Å². The number of aryl methyl sites for hydroxylation is 2. The Bertz CT molecular complexity index is 1760. The Balaban J connectivity index is 1.21. The van der Waals surface area contributed by atoms with Crippen LogP contribution in [0.4, 0.5) is 21.8 Å². The highest BCUT2D eigenvalue weighted by atomic mass is 19.1. The van der Waals surface area contributed by atoms with Crippen LogP contribution in [-0.2, 0) is 11.8 Å². The van der Waals surface area contributed by atoms with Crippen molar-refractivity contribution in [3.05, 3.63) is 73.2 Å². The van der Waals surface area contributed by atoms with Gasteiger partial charge in [-0.2, -0.15) is 0 Å². The Morgan fingerprint density at radius 1 is 1.07 bits per heavy atom. The van der Waals surface area contributed by atoms with Crippen molar-refractivity contribution >= 4 is 45.4 Å². The molecule has 40 heavy (non-hydrogen) atoms. The summed E-state index contributed by atoms with van der Waals surface area (Å²) >= 11 is 0. The number of ether oxygens (including phenoxy) is 1. The van der Waals surface area contributed by atoms with E-state index in [1.54, 1.807) is 35.1 Å². The third-order valence-electron chi connectivity index (χ3n) is 6.82. The van der Waals surface area contributed by atoms with Gasteiger partial charge >= 0.3 is 0 Å². The lowest BCUT2D eigenvalue weighted by Crippen LogP contribution is -2.48. The molecule has 1 amide bonds. The van der Waals surface area contributed by atoms with E-state index in [4.69, 9.17) is 9.72 Å². The lowest BCUT2D eigenvalue weighted by molar-refractivity contribution is -0.126. The Morgan fingerprint density at radius 2 is 1.90 bits per heavy atom. The molecule has 0 saturated carbocycles. The fourth-order valence-corrected chi connectivity index (χ4v) is 4.72. The van der Waals surface area contributed by atoms with Gasteiger partial charge in [-0.25, -0.2) is 29.3 Å². The number of benzene rings is 2. The van der Waals surface area contributed by atoms with Gasteiger partial charge in [-0.15, -0.1) is 0 Å². The summed E-state index contributed by atoms with van der Waals surface area (Å²) in [5.41, 5.74) is 3.75. The van der Waals surface area contributed by atoms with Gasteiger partial charge < -0.3 is 24.4 Å². The fraction of sp³-hybridized carbons (Fsp3) is 0.214. The molecule has 1 fully saturated rings. The van der Waals surface area contributed by atoms with Crippen molar-refractivity contribution in [2.75, 3.05) is 36.4 Å². The summed E-state index contributed by atoms with van der Waals surface area (Å²) in [6.45, 7) is 7.83. The normalized spacial score (nSPS) is 13.6. The molecule has 0 bridgehead atoms. The van der Waals surface area contributed by atoms with Crippen molar-refractivity contribution in [2.24, 2.45) is 7.05 Å². The van der Waals surface area contributed by atoms with Gasteiger partial charge in [0.05, 0.1) is 18.0 Å². The van der Waals surface area contributed by atoms with Gasteiger partial charge in [-0.1, -0.05) is 6.58 Å². The first-order chi connectivity index (χ1) is 19.4. The molecule has 1 aliphatic rings.